The van der Waals surface area contributed by atoms with Gasteiger partial charge in [-0.3, -0.25) is 4.79 Å². The Hall–Kier alpha value is -3.93. The van der Waals surface area contributed by atoms with E-state index in [2.05, 4.69) is 10.5 Å². The molecule has 0 atom stereocenters. The Labute approximate surface area is 175 Å². The van der Waals surface area contributed by atoms with Crippen LogP contribution in [0.5, 0.6) is 11.5 Å². The molecule has 3 aromatic carbocycles. The second-order valence-corrected chi connectivity index (χ2v) is 6.46. The van der Waals surface area contributed by atoms with E-state index in [0.717, 1.165) is 5.56 Å². The smallest absolute Gasteiger partial charge is 0.343 e. The van der Waals surface area contributed by atoms with Gasteiger partial charge in [0.05, 0.1) is 18.4 Å². The average Bonchev–Trinajstić information content (AvgIpc) is 2.76. The average molecular weight is 402 g/mol. The third-order valence-corrected chi connectivity index (χ3v) is 4.17. The topological polar surface area (TPSA) is 77.0 Å². The van der Waals surface area contributed by atoms with Gasteiger partial charge in [0.1, 0.15) is 0 Å². The van der Waals surface area contributed by atoms with E-state index in [1.165, 1.54) is 6.21 Å². The molecule has 6 nitrogen and oxygen atoms in total. The summed E-state index contributed by atoms with van der Waals surface area (Å²) < 4.78 is 11.1. The number of hydrogen-bond donors (Lipinski definition) is 1. The molecule has 0 saturated heterocycles. The van der Waals surface area contributed by atoms with E-state index >= 15 is 0 Å². The van der Waals surface area contributed by atoms with E-state index in [4.69, 9.17) is 9.47 Å². The monoisotopic (exact) mass is 402 g/mol. The van der Waals surface area contributed by atoms with Gasteiger partial charge in [-0.15, -0.1) is 0 Å². The lowest BCUT2D eigenvalue weighted by molar-refractivity contribution is 0.0728. The number of rotatable bonds is 7. The van der Waals surface area contributed by atoms with Crippen molar-refractivity contribution >= 4 is 18.1 Å². The van der Waals surface area contributed by atoms with Gasteiger partial charge in [0.2, 0.25) is 0 Å². The standard InChI is InChI=1S/C24H22N2O4/c1-3-29-22-15-18(16-25-26-23(27)19-7-5-4-6-8-19)11-14-21(22)30-24(28)20-12-9-17(2)10-13-20/h4-16H,3H2,1-2H3,(H,26,27)/b25-16+. The highest BCUT2D eigenvalue weighted by Crippen LogP contribution is 2.29. The number of esters is 1. The van der Waals surface area contributed by atoms with Crippen molar-refractivity contribution in [1.29, 1.82) is 0 Å². The Morgan fingerprint density at radius 2 is 1.67 bits per heavy atom. The molecule has 0 aliphatic heterocycles. The van der Waals surface area contributed by atoms with E-state index in [1.807, 2.05) is 32.0 Å². The van der Waals surface area contributed by atoms with Gasteiger partial charge >= 0.3 is 5.97 Å². The van der Waals surface area contributed by atoms with Crippen LogP contribution in [0.1, 0.15) is 38.8 Å². The number of hydrogen-bond acceptors (Lipinski definition) is 5. The second kappa shape index (κ2) is 10.0. The zero-order chi connectivity index (χ0) is 21.3. The van der Waals surface area contributed by atoms with Crippen molar-refractivity contribution < 1.29 is 19.1 Å². The third kappa shape index (κ3) is 5.54. The maximum atomic E-state index is 12.4. The van der Waals surface area contributed by atoms with Gasteiger partial charge in [0.15, 0.2) is 11.5 Å². The minimum absolute atomic E-state index is 0.305. The fourth-order valence-corrected chi connectivity index (χ4v) is 2.63. The number of nitrogens with one attached hydrogen (secondary N) is 1. The van der Waals surface area contributed by atoms with Crippen molar-refractivity contribution in [2.24, 2.45) is 5.10 Å². The van der Waals surface area contributed by atoms with Crippen LogP contribution in [0.2, 0.25) is 0 Å². The van der Waals surface area contributed by atoms with Crippen LogP contribution in [0.4, 0.5) is 0 Å². The Balaban J connectivity index is 1.70. The number of amides is 1. The van der Waals surface area contributed by atoms with Gasteiger partial charge in [0.25, 0.3) is 5.91 Å². The molecular weight excluding hydrogens is 380 g/mol. The first kappa shape index (κ1) is 20.8. The van der Waals surface area contributed by atoms with E-state index in [-0.39, 0.29) is 5.91 Å². The first-order valence-electron chi connectivity index (χ1n) is 9.51. The highest BCUT2D eigenvalue weighted by Gasteiger charge is 2.13. The molecule has 30 heavy (non-hydrogen) atoms. The molecule has 0 heterocycles. The zero-order valence-electron chi connectivity index (χ0n) is 16.8. The minimum Gasteiger partial charge on any atom is -0.490 e. The lowest BCUT2D eigenvalue weighted by Gasteiger charge is -2.11. The molecule has 0 bridgehead atoms. The number of ether oxygens (including phenoxy) is 2. The summed E-state index contributed by atoms with van der Waals surface area (Å²) in [6.45, 7) is 4.19. The molecule has 0 saturated carbocycles. The molecule has 0 spiro atoms. The minimum atomic E-state index is -0.465. The van der Waals surface area contributed by atoms with Crippen LogP contribution in [0.3, 0.4) is 0 Å². The quantitative estimate of drug-likeness (QED) is 0.275. The summed E-state index contributed by atoms with van der Waals surface area (Å²) in [5.74, 6) is -0.0442. The van der Waals surface area contributed by atoms with Crippen molar-refractivity contribution in [2.75, 3.05) is 6.61 Å². The van der Waals surface area contributed by atoms with Gasteiger partial charge < -0.3 is 9.47 Å². The van der Waals surface area contributed by atoms with E-state index in [1.54, 1.807) is 54.6 Å². The Bertz CT molecular complexity index is 1040. The number of aryl methyl sites for hydroxylation is 1. The normalized spacial score (nSPS) is 10.6. The summed E-state index contributed by atoms with van der Waals surface area (Å²) >= 11 is 0. The molecular formula is C24H22N2O4. The van der Waals surface area contributed by atoms with Crippen LogP contribution >= 0.6 is 0 Å². The van der Waals surface area contributed by atoms with Gasteiger partial charge in [0, 0.05) is 5.56 Å². The molecule has 1 amide bonds. The predicted molar refractivity (Wildman–Crippen MR) is 115 cm³/mol. The summed E-state index contributed by atoms with van der Waals surface area (Å²) in [5, 5.41) is 3.98. The molecule has 152 valence electrons. The van der Waals surface area contributed by atoms with Crippen LogP contribution in [-0.4, -0.2) is 24.7 Å². The number of benzene rings is 3. The highest BCUT2D eigenvalue weighted by molar-refractivity contribution is 5.95. The number of hydrazone groups is 1. The van der Waals surface area contributed by atoms with E-state index < -0.39 is 5.97 Å². The van der Waals surface area contributed by atoms with Gasteiger partial charge in [-0.25, -0.2) is 10.2 Å². The highest BCUT2D eigenvalue weighted by atomic mass is 16.6. The number of carbonyl (C=O) groups excluding carboxylic acids is 2. The zero-order valence-corrected chi connectivity index (χ0v) is 16.8. The van der Waals surface area contributed by atoms with Crippen molar-refractivity contribution in [2.45, 2.75) is 13.8 Å². The van der Waals surface area contributed by atoms with Gasteiger partial charge in [-0.05, 0) is 61.9 Å². The molecule has 0 radical (unpaired) electrons. The maximum Gasteiger partial charge on any atom is 0.343 e. The number of nitrogens with zero attached hydrogens (tertiary/aromatic N) is 1. The van der Waals surface area contributed by atoms with Crippen molar-refractivity contribution in [3.05, 3.63) is 95.1 Å². The molecule has 0 aliphatic rings. The second-order valence-electron chi connectivity index (χ2n) is 6.46. The first-order valence-corrected chi connectivity index (χ1v) is 9.51. The summed E-state index contributed by atoms with van der Waals surface area (Å²) in [6.07, 6.45) is 1.49. The van der Waals surface area contributed by atoms with E-state index in [0.29, 0.717) is 34.8 Å². The Morgan fingerprint density at radius 3 is 2.37 bits per heavy atom. The summed E-state index contributed by atoms with van der Waals surface area (Å²) in [7, 11) is 0. The first-order chi connectivity index (χ1) is 14.6. The van der Waals surface area contributed by atoms with Crippen LogP contribution in [0.15, 0.2) is 77.9 Å². The van der Waals surface area contributed by atoms with Crippen LogP contribution in [0.25, 0.3) is 0 Å². The van der Waals surface area contributed by atoms with Crippen molar-refractivity contribution in [3.8, 4) is 11.5 Å². The van der Waals surface area contributed by atoms with E-state index in [9.17, 15) is 9.59 Å². The molecule has 1 N–H and O–H groups in total. The summed E-state index contributed by atoms with van der Waals surface area (Å²) in [5.41, 5.74) is 5.19. The van der Waals surface area contributed by atoms with Crippen molar-refractivity contribution in [3.63, 3.8) is 0 Å². The SMILES string of the molecule is CCOc1cc(/C=N/NC(=O)c2ccccc2)ccc1OC(=O)c1ccc(C)cc1. The van der Waals surface area contributed by atoms with Crippen LogP contribution < -0.4 is 14.9 Å². The van der Waals surface area contributed by atoms with Crippen LogP contribution in [-0.2, 0) is 0 Å². The van der Waals surface area contributed by atoms with Gasteiger partial charge in [-0.2, -0.15) is 5.10 Å². The van der Waals surface area contributed by atoms with Crippen LogP contribution in [0, 0.1) is 6.92 Å². The Kier molecular flexibility index (Phi) is 6.95. The third-order valence-electron chi connectivity index (χ3n) is 4.17. The fourth-order valence-electron chi connectivity index (χ4n) is 2.63. The molecule has 3 rings (SSSR count). The molecule has 0 fully saturated rings. The fraction of sp³-hybridized carbons (Fsp3) is 0.125. The largest absolute Gasteiger partial charge is 0.490 e. The lowest BCUT2D eigenvalue weighted by atomic mass is 10.1. The Morgan fingerprint density at radius 1 is 0.933 bits per heavy atom. The number of carbonyl (C=O) groups is 2. The van der Waals surface area contributed by atoms with Crippen molar-refractivity contribution in [1.82, 2.24) is 5.43 Å². The molecule has 0 aliphatic carbocycles. The summed E-state index contributed by atoms with van der Waals surface area (Å²) in [4.78, 5) is 24.4. The summed E-state index contributed by atoms with van der Waals surface area (Å²) in [6, 6.07) is 21.0. The predicted octanol–water partition coefficient (Wildman–Crippen LogP) is 4.38. The van der Waals surface area contributed by atoms with Gasteiger partial charge in [-0.1, -0.05) is 35.9 Å². The molecule has 6 heteroatoms. The molecule has 3 aromatic rings. The maximum absolute atomic E-state index is 12.4. The lowest BCUT2D eigenvalue weighted by Crippen LogP contribution is -2.17. The molecule has 0 aromatic heterocycles. The molecule has 0 unspecified atom stereocenters.